The van der Waals surface area contributed by atoms with Crippen molar-refractivity contribution < 1.29 is 14.1 Å². The fraction of sp³-hybridized carbons (Fsp3) is 0.579. The normalized spacial score (nSPS) is 20.1. The molecule has 4 rings (SSSR count). The summed E-state index contributed by atoms with van der Waals surface area (Å²) in [5.41, 5.74) is 2.66. The number of anilines is 1. The molecule has 3 heterocycles. The third-order valence-electron chi connectivity index (χ3n) is 5.20. The average molecular weight is 419 g/mol. The molecular weight excluding hydrogens is 392 g/mol. The number of imidazole rings is 1. The molecule has 29 heavy (non-hydrogen) atoms. The van der Waals surface area contributed by atoms with E-state index >= 15 is 0 Å². The lowest BCUT2D eigenvalue weighted by Crippen LogP contribution is -2.40. The molecule has 2 atom stereocenters. The van der Waals surface area contributed by atoms with Gasteiger partial charge in [-0.2, -0.15) is 5.10 Å². The maximum atomic E-state index is 12.6. The quantitative estimate of drug-likeness (QED) is 0.589. The molecule has 156 valence electrons. The van der Waals surface area contributed by atoms with Gasteiger partial charge in [-0.05, 0) is 46.6 Å². The molecule has 1 N–H and O–H groups in total. The molecule has 0 aromatic carbocycles. The second-order valence-corrected chi connectivity index (χ2v) is 10.7. The number of fused-ring (bicyclic) bond motifs is 1. The first kappa shape index (κ1) is 20.1. The lowest BCUT2D eigenvalue weighted by Gasteiger charge is -2.25. The van der Waals surface area contributed by atoms with Crippen LogP contribution in [0.5, 0.6) is 0 Å². The van der Waals surface area contributed by atoms with Gasteiger partial charge in [-0.25, -0.2) is 14.3 Å². The Labute approximate surface area is 172 Å². The van der Waals surface area contributed by atoms with Crippen LogP contribution >= 0.6 is 0 Å². The van der Waals surface area contributed by atoms with E-state index in [4.69, 9.17) is 0 Å². The smallest absolute Gasteiger partial charge is 0.331 e. The third-order valence-corrected chi connectivity index (χ3v) is 6.88. The Morgan fingerprint density at radius 1 is 1.31 bits per heavy atom. The van der Waals surface area contributed by atoms with E-state index in [0.717, 1.165) is 23.4 Å². The van der Waals surface area contributed by atoms with Gasteiger partial charge in [0.2, 0.25) is 5.91 Å². The van der Waals surface area contributed by atoms with Crippen molar-refractivity contribution in [3.8, 4) is 0 Å². The molecule has 10 heteroatoms. The second-order valence-electron chi connectivity index (χ2n) is 8.70. The summed E-state index contributed by atoms with van der Waals surface area (Å²) < 4.78 is 16.8. The Hall–Kier alpha value is -2.17. The van der Waals surface area contributed by atoms with Crippen molar-refractivity contribution in [2.45, 2.75) is 57.2 Å². The van der Waals surface area contributed by atoms with Crippen molar-refractivity contribution in [1.82, 2.24) is 24.2 Å². The minimum atomic E-state index is -1.25. The number of rotatable bonds is 5. The number of carbonyl (C=O) groups is 2. The van der Waals surface area contributed by atoms with Gasteiger partial charge >= 0.3 is 6.03 Å². The van der Waals surface area contributed by atoms with E-state index in [-0.39, 0.29) is 24.5 Å². The zero-order valence-electron chi connectivity index (χ0n) is 17.3. The second kappa shape index (κ2) is 6.96. The highest BCUT2D eigenvalue weighted by Crippen LogP contribution is 2.41. The summed E-state index contributed by atoms with van der Waals surface area (Å²) in [7, 11) is 1.48. The molecule has 0 spiro atoms. The number of imide groups is 1. The first-order chi connectivity index (χ1) is 13.6. The Morgan fingerprint density at radius 2 is 2.00 bits per heavy atom. The number of hydrogen-bond acceptors (Lipinski definition) is 6. The van der Waals surface area contributed by atoms with Crippen molar-refractivity contribution >= 4 is 34.6 Å². The maximum absolute atomic E-state index is 12.6. The first-order valence-electron chi connectivity index (χ1n) is 9.72. The number of amides is 3. The number of carbonyl (C=O) groups excluding carboxylic acids is 2. The molecule has 1 saturated carbocycles. The fourth-order valence-corrected chi connectivity index (χ4v) is 3.96. The molecule has 0 radical (unpaired) electrons. The van der Waals surface area contributed by atoms with Crippen LogP contribution in [0.4, 0.5) is 10.5 Å². The van der Waals surface area contributed by atoms with E-state index in [0.29, 0.717) is 22.9 Å². The monoisotopic (exact) mass is 418 g/mol. The number of aromatic nitrogens is 3. The minimum absolute atomic E-state index is 0.0108. The van der Waals surface area contributed by atoms with Crippen LogP contribution in [0.1, 0.15) is 63.9 Å². The van der Waals surface area contributed by atoms with Gasteiger partial charge in [0.05, 0.1) is 29.3 Å². The van der Waals surface area contributed by atoms with Gasteiger partial charge < -0.3 is 4.55 Å². The van der Waals surface area contributed by atoms with E-state index in [1.807, 2.05) is 33.8 Å². The summed E-state index contributed by atoms with van der Waals surface area (Å²) in [5, 5.41) is 4.68. The molecule has 1 saturated heterocycles. The Balaban J connectivity index is 1.73. The molecule has 2 unspecified atom stereocenters. The van der Waals surface area contributed by atoms with Crippen LogP contribution < -0.4 is 9.62 Å². The lowest BCUT2D eigenvalue weighted by atomic mass is 10.2. The van der Waals surface area contributed by atoms with E-state index < -0.39 is 16.1 Å². The van der Waals surface area contributed by atoms with Crippen LogP contribution in [0.15, 0.2) is 12.3 Å². The maximum Gasteiger partial charge on any atom is 0.331 e. The zero-order chi connectivity index (χ0) is 21.1. The third kappa shape index (κ3) is 3.72. The minimum Gasteiger partial charge on any atom is -0.598 e. The highest BCUT2D eigenvalue weighted by Gasteiger charge is 2.37. The van der Waals surface area contributed by atoms with Crippen LogP contribution in [0, 0.1) is 0 Å². The molecule has 2 aromatic heterocycles. The number of likely N-dealkylation sites (N-methyl/N-ethyl adjacent to an activating group) is 1. The Bertz CT molecular complexity index is 980. The predicted molar refractivity (Wildman–Crippen MR) is 110 cm³/mol. The van der Waals surface area contributed by atoms with Gasteiger partial charge in [-0.3, -0.25) is 14.6 Å². The van der Waals surface area contributed by atoms with E-state index in [1.165, 1.54) is 11.9 Å². The largest absolute Gasteiger partial charge is 0.598 e. The van der Waals surface area contributed by atoms with Crippen molar-refractivity contribution in [2.24, 2.45) is 0 Å². The van der Waals surface area contributed by atoms with Gasteiger partial charge in [0, 0.05) is 24.3 Å². The first-order valence-corrected chi connectivity index (χ1v) is 10.9. The van der Waals surface area contributed by atoms with Crippen molar-refractivity contribution in [3.05, 3.63) is 23.7 Å². The van der Waals surface area contributed by atoms with Crippen LogP contribution in [0.2, 0.25) is 0 Å². The number of nitrogens with zero attached hydrogens (tertiary/aromatic N) is 5. The SMILES string of the molecule is CC(N[S+]([O-])C(C)(C)C)c1cn2nc(C3CC3)cc(N3CC(=O)N(C)C3=O)c2n1. The summed E-state index contributed by atoms with van der Waals surface area (Å²) in [6, 6.07) is 1.24. The predicted octanol–water partition coefficient (Wildman–Crippen LogP) is 2.12. The highest BCUT2D eigenvalue weighted by molar-refractivity contribution is 7.90. The summed E-state index contributed by atoms with van der Waals surface area (Å²) in [6.07, 6.45) is 3.93. The van der Waals surface area contributed by atoms with Crippen molar-refractivity contribution in [3.63, 3.8) is 0 Å². The Kier molecular flexibility index (Phi) is 4.83. The Morgan fingerprint density at radius 3 is 2.55 bits per heavy atom. The summed E-state index contributed by atoms with van der Waals surface area (Å²) in [4.78, 5) is 31.9. The lowest BCUT2D eigenvalue weighted by molar-refractivity contribution is -0.123. The zero-order valence-corrected chi connectivity index (χ0v) is 18.1. The standard InChI is InChI=1S/C19H26N6O3S/c1-11(22-29(28)19(2,3)4)14-9-25-17(20-14)15(8-13(21-25)12-6-7-12)24-10-16(26)23(5)18(24)27/h8-9,11-12,22H,6-7,10H2,1-5H3. The molecule has 2 fully saturated rings. The van der Waals surface area contributed by atoms with Crippen LogP contribution in [-0.2, 0) is 16.2 Å². The number of hydrogen-bond donors (Lipinski definition) is 1. The van der Waals surface area contributed by atoms with Crippen LogP contribution in [-0.4, -0.2) is 54.3 Å². The topological polar surface area (TPSA) is 106 Å². The highest BCUT2D eigenvalue weighted by atomic mass is 32.2. The number of urea groups is 1. The number of nitrogens with one attached hydrogen (secondary N) is 1. The van der Waals surface area contributed by atoms with Gasteiger partial charge in [0.1, 0.15) is 11.3 Å². The van der Waals surface area contributed by atoms with Crippen molar-refractivity contribution in [1.29, 1.82) is 0 Å². The van der Waals surface area contributed by atoms with Crippen molar-refractivity contribution in [2.75, 3.05) is 18.5 Å². The van der Waals surface area contributed by atoms with Crippen LogP contribution in [0.3, 0.4) is 0 Å². The molecule has 1 aliphatic heterocycles. The molecule has 0 bridgehead atoms. The molecule has 9 nitrogen and oxygen atoms in total. The van der Waals surface area contributed by atoms with E-state index in [2.05, 4.69) is 14.8 Å². The van der Waals surface area contributed by atoms with Gasteiger partial charge in [-0.15, -0.1) is 4.72 Å². The molecule has 2 aliphatic rings. The molecule has 2 aromatic rings. The molecule has 3 amide bonds. The van der Waals surface area contributed by atoms with E-state index in [1.54, 1.807) is 10.7 Å². The van der Waals surface area contributed by atoms with E-state index in [9.17, 15) is 14.1 Å². The van der Waals surface area contributed by atoms with Gasteiger partial charge in [0.15, 0.2) is 5.65 Å². The summed E-state index contributed by atoms with van der Waals surface area (Å²) in [5.74, 6) is 0.124. The van der Waals surface area contributed by atoms with Crippen LogP contribution in [0.25, 0.3) is 5.65 Å². The summed E-state index contributed by atoms with van der Waals surface area (Å²) >= 11 is -1.25. The molecular formula is C19H26N6O3S. The van der Waals surface area contributed by atoms with Gasteiger partial charge in [-0.1, -0.05) is 0 Å². The average Bonchev–Trinajstić information content (AvgIpc) is 3.36. The molecule has 1 aliphatic carbocycles. The van der Waals surface area contributed by atoms with Gasteiger partial charge in [0.25, 0.3) is 0 Å². The fourth-order valence-electron chi connectivity index (χ4n) is 3.17. The summed E-state index contributed by atoms with van der Waals surface area (Å²) in [6.45, 7) is 7.59.